The maximum Gasteiger partial charge on any atom is 0.191 e. The molecule has 1 unspecified atom stereocenters. The van der Waals surface area contributed by atoms with Gasteiger partial charge in [0.15, 0.2) is 5.96 Å². The number of aryl methyl sites for hydroxylation is 3. The van der Waals surface area contributed by atoms with E-state index in [0.717, 1.165) is 31.2 Å². The average molecular weight is 374 g/mol. The van der Waals surface area contributed by atoms with Crippen LogP contribution in [-0.4, -0.2) is 50.1 Å². The standard InChI is InChI=1S/C20H31N5S/c1-14-7-9-17(10-8-14)18(25(5)6)13-23-20(21-4)22-12-11-19-24-15(2)16(3)26-19/h7-10,18H,11-13H2,1-6H3,(H2,21,22,23). The van der Waals surface area contributed by atoms with Crippen LogP contribution in [0.1, 0.15) is 32.7 Å². The lowest BCUT2D eigenvalue weighted by molar-refractivity contribution is 0.298. The van der Waals surface area contributed by atoms with Gasteiger partial charge >= 0.3 is 0 Å². The van der Waals surface area contributed by atoms with E-state index >= 15 is 0 Å². The van der Waals surface area contributed by atoms with Gasteiger partial charge in [0.05, 0.1) is 16.7 Å². The van der Waals surface area contributed by atoms with E-state index in [1.165, 1.54) is 21.0 Å². The molecule has 1 heterocycles. The lowest BCUT2D eigenvalue weighted by Crippen LogP contribution is -2.42. The molecule has 0 spiro atoms. The lowest BCUT2D eigenvalue weighted by atomic mass is 10.0. The fraction of sp³-hybridized carbons (Fsp3) is 0.500. The van der Waals surface area contributed by atoms with Gasteiger partial charge in [-0.15, -0.1) is 11.3 Å². The Hall–Kier alpha value is -1.92. The van der Waals surface area contributed by atoms with E-state index < -0.39 is 0 Å². The second-order valence-corrected chi connectivity index (χ2v) is 8.06. The molecule has 2 rings (SSSR count). The molecule has 0 aliphatic rings. The van der Waals surface area contributed by atoms with Crippen LogP contribution >= 0.6 is 11.3 Å². The maximum atomic E-state index is 4.59. The van der Waals surface area contributed by atoms with Crippen molar-refractivity contribution in [2.75, 3.05) is 34.2 Å². The van der Waals surface area contributed by atoms with Crippen molar-refractivity contribution in [3.63, 3.8) is 0 Å². The largest absolute Gasteiger partial charge is 0.356 e. The van der Waals surface area contributed by atoms with E-state index in [1.807, 2.05) is 7.05 Å². The minimum Gasteiger partial charge on any atom is -0.356 e. The van der Waals surface area contributed by atoms with Gasteiger partial charge in [0, 0.05) is 31.4 Å². The molecule has 142 valence electrons. The third-order valence-electron chi connectivity index (χ3n) is 4.48. The molecule has 0 saturated carbocycles. The van der Waals surface area contributed by atoms with Crippen molar-refractivity contribution in [2.24, 2.45) is 4.99 Å². The van der Waals surface area contributed by atoms with Gasteiger partial charge in [0.2, 0.25) is 0 Å². The van der Waals surface area contributed by atoms with Crippen molar-refractivity contribution in [1.29, 1.82) is 0 Å². The Labute approximate surface area is 161 Å². The summed E-state index contributed by atoms with van der Waals surface area (Å²) in [4.78, 5) is 12.5. The van der Waals surface area contributed by atoms with Gasteiger partial charge in [-0.25, -0.2) is 4.98 Å². The zero-order chi connectivity index (χ0) is 19.1. The van der Waals surface area contributed by atoms with Crippen molar-refractivity contribution >= 4 is 17.3 Å². The van der Waals surface area contributed by atoms with Crippen LogP contribution in [0.3, 0.4) is 0 Å². The number of likely N-dealkylation sites (N-methyl/N-ethyl adjacent to an activating group) is 1. The van der Waals surface area contributed by atoms with Crippen molar-refractivity contribution in [3.05, 3.63) is 51.0 Å². The first-order chi connectivity index (χ1) is 12.4. The van der Waals surface area contributed by atoms with Crippen LogP contribution in [0.2, 0.25) is 0 Å². The fourth-order valence-corrected chi connectivity index (χ4v) is 3.67. The molecular weight excluding hydrogens is 342 g/mol. The van der Waals surface area contributed by atoms with E-state index in [1.54, 1.807) is 11.3 Å². The molecule has 0 amide bonds. The van der Waals surface area contributed by atoms with Gasteiger partial charge in [0.1, 0.15) is 0 Å². The summed E-state index contributed by atoms with van der Waals surface area (Å²) in [5, 5.41) is 8.01. The molecule has 0 fully saturated rings. The number of aromatic nitrogens is 1. The highest BCUT2D eigenvalue weighted by Crippen LogP contribution is 2.18. The molecule has 26 heavy (non-hydrogen) atoms. The summed E-state index contributed by atoms with van der Waals surface area (Å²) >= 11 is 1.78. The van der Waals surface area contributed by atoms with E-state index in [-0.39, 0.29) is 0 Å². The lowest BCUT2D eigenvalue weighted by Gasteiger charge is -2.26. The van der Waals surface area contributed by atoms with Gasteiger partial charge in [-0.2, -0.15) is 0 Å². The zero-order valence-corrected chi connectivity index (χ0v) is 17.6. The summed E-state index contributed by atoms with van der Waals surface area (Å²) in [6.45, 7) is 7.92. The van der Waals surface area contributed by atoms with Crippen LogP contribution in [0.15, 0.2) is 29.3 Å². The molecule has 0 bridgehead atoms. The van der Waals surface area contributed by atoms with Crippen LogP contribution in [0.25, 0.3) is 0 Å². The Balaban J connectivity index is 1.86. The molecule has 2 N–H and O–H groups in total. The zero-order valence-electron chi connectivity index (χ0n) is 16.8. The van der Waals surface area contributed by atoms with Crippen molar-refractivity contribution in [2.45, 2.75) is 33.2 Å². The number of nitrogens with one attached hydrogen (secondary N) is 2. The Morgan fingerprint density at radius 3 is 2.38 bits per heavy atom. The van der Waals surface area contributed by atoms with Crippen LogP contribution in [0.4, 0.5) is 0 Å². The second kappa shape index (κ2) is 9.69. The summed E-state index contributed by atoms with van der Waals surface area (Å²) in [7, 11) is 6.02. The first-order valence-electron chi connectivity index (χ1n) is 9.01. The fourth-order valence-electron chi connectivity index (χ4n) is 2.74. The molecule has 1 atom stereocenters. The smallest absolute Gasteiger partial charge is 0.191 e. The maximum absolute atomic E-state index is 4.59. The Morgan fingerprint density at radius 1 is 1.15 bits per heavy atom. The third-order valence-corrected chi connectivity index (χ3v) is 5.61. The highest BCUT2D eigenvalue weighted by atomic mass is 32.1. The highest BCUT2D eigenvalue weighted by Gasteiger charge is 2.14. The molecule has 5 nitrogen and oxygen atoms in total. The normalized spacial score (nSPS) is 13.1. The van der Waals surface area contributed by atoms with Gasteiger partial charge in [-0.05, 0) is 40.4 Å². The van der Waals surface area contributed by atoms with Gasteiger partial charge in [-0.3, -0.25) is 4.99 Å². The van der Waals surface area contributed by atoms with Crippen LogP contribution < -0.4 is 10.6 Å². The third kappa shape index (κ3) is 5.81. The molecule has 0 aliphatic heterocycles. The number of hydrogen-bond acceptors (Lipinski definition) is 4. The summed E-state index contributed by atoms with van der Waals surface area (Å²) < 4.78 is 0. The molecule has 2 aromatic rings. The van der Waals surface area contributed by atoms with Crippen molar-refractivity contribution < 1.29 is 0 Å². The topological polar surface area (TPSA) is 52.6 Å². The summed E-state index contributed by atoms with van der Waals surface area (Å²) in [6, 6.07) is 9.02. The summed E-state index contributed by atoms with van der Waals surface area (Å²) in [6.07, 6.45) is 0.912. The summed E-state index contributed by atoms with van der Waals surface area (Å²) in [5.74, 6) is 0.828. The Morgan fingerprint density at radius 2 is 1.85 bits per heavy atom. The van der Waals surface area contributed by atoms with E-state index in [0.29, 0.717) is 6.04 Å². The number of nitrogens with zero attached hydrogens (tertiary/aromatic N) is 3. The predicted molar refractivity (Wildman–Crippen MR) is 112 cm³/mol. The summed E-state index contributed by atoms with van der Waals surface area (Å²) in [5.41, 5.74) is 3.72. The first kappa shape index (κ1) is 20.4. The number of hydrogen-bond donors (Lipinski definition) is 2. The number of rotatable bonds is 7. The Kier molecular flexibility index (Phi) is 7.60. The van der Waals surface area contributed by atoms with Crippen LogP contribution in [-0.2, 0) is 6.42 Å². The number of benzene rings is 1. The second-order valence-electron chi connectivity index (χ2n) is 6.77. The molecule has 0 radical (unpaired) electrons. The van der Waals surface area contributed by atoms with E-state index in [2.05, 4.69) is 84.6 Å². The molecule has 1 aromatic carbocycles. The molecule has 0 saturated heterocycles. The SMILES string of the molecule is CN=C(NCCc1nc(C)c(C)s1)NCC(c1ccc(C)cc1)N(C)C. The van der Waals surface area contributed by atoms with Crippen molar-refractivity contribution in [3.8, 4) is 0 Å². The first-order valence-corrected chi connectivity index (χ1v) is 9.82. The molecule has 1 aromatic heterocycles. The minimum atomic E-state index is 0.290. The monoisotopic (exact) mass is 373 g/mol. The number of guanidine groups is 1. The quantitative estimate of drug-likeness (QED) is 0.578. The van der Waals surface area contributed by atoms with Crippen LogP contribution in [0, 0.1) is 20.8 Å². The van der Waals surface area contributed by atoms with Crippen molar-refractivity contribution in [1.82, 2.24) is 20.5 Å². The molecular formula is C20H31N5S. The van der Waals surface area contributed by atoms with E-state index in [9.17, 15) is 0 Å². The van der Waals surface area contributed by atoms with Gasteiger partial charge < -0.3 is 15.5 Å². The molecule has 6 heteroatoms. The number of thiazole rings is 1. The minimum absolute atomic E-state index is 0.290. The highest BCUT2D eigenvalue weighted by molar-refractivity contribution is 7.11. The number of aliphatic imine (C=N–C) groups is 1. The van der Waals surface area contributed by atoms with Gasteiger partial charge in [0.25, 0.3) is 0 Å². The van der Waals surface area contributed by atoms with Gasteiger partial charge in [-0.1, -0.05) is 29.8 Å². The predicted octanol–water partition coefficient (Wildman–Crippen LogP) is 3.08. The molecule has 0 aliphatic carbocycles. The van der Waals surface area contributed by atoms with Crippen LogP contribution in [0.5, 0.6) is 0 Å². The average Bonchev–Trinajstić information content (AvgIpc) is 2.92. The van der Waals surface area contributed by atoms with E-state index in [4.69, 9.17) is 0 Å². The Bertz CT molecular complexity index is 699.